The van der Waals surface area contributed by atoms with E-state index in [1.54, 1.807) is 24.3 Å². The number of nitrogens with one attached hydrogen (secondary N) is 1. The van der Waals surface area contributed by atoms with E-state index in [0.717, 1.165) is 0 Å². The molecule has 0 aliphatic carbocycles. The molecule has 0 radical (unpaired) electrons. The van der Waals surface area contributed by atoms with Gasteiger partial charge in [0.15, 0.2) is 0 Å². The summed E-state index contributed by atoms with van der Waals surface area (Å²) >= 11 is 5.99. The molecule has 0 bridgehead atoms. The Morgan fingerprint density at radius 2 is 1.75 bits per heavy atom. The van der Waals surface area contributed by atoms with Crippen LogP contribution in [0, 0.1) is 5.92 Å². The van der Waals surface area contributed by atoms with Crippen molar-refractivity contribution < 1.29 is 27.9 Å². The number of carbonyl (C=O) groups excluding carboxylic acids is 2. The number of carboxylic acid groups (broad SMARTS) is 1. The fourth-order valence-electron chi connectivity index (χ4n) is 3.69. The molecule has 11 heteroatoms. The Labute approximate surface area is 190 Å². The van der Waals surface area contributed by atoms with Crippen LogP contribution >= 0.6 is 11.6 Å². The second kappa shape index (κ2) is 9.68. The topological polar surface area (TPSA) is 147 Å². The largest absolute Gasteiger partial charge is 0.481 e. The van der Waals surface area contributed by atoms with E-state index in [4.69, 9.17) is 21.8 Å². The lowest BCUT2D eigenvalue weighted by Gasteiger charge is -2.28. The van der Waals surface area contributed by atoms with Gasteiger partial charge in [0.1, 0.15) is 0 Å². The van der Waals surface area contributed by atoms with Gasteiger partial charge in [0.2, 0.25) is 21.8 Å². The van der Waals surface area contributed by atoms with Crippen molar-refractivity contribution in [1.29, 1.82) is 0 Å². The van der Waals surface area contributed by atoms with Gasteiger partial charge in [-0.2, -0.15) is 0 Å². The molecule has 4 N–H and O–H groups in total. The Morgan fingerprint density at radius 1 is 1.12 bits per heavy atom. The number of anilines is 1. The second-order valence-corrected chi connectivity index (χ2v) is 9.40. The lowest BCUT2D eigenvalue weighted by molar-refractivity contribution is -0.137. The summed E-state index contributed by atoms with van der Waals surface area (Å²) in [5.41, 5.74) is 1.10. The van der Waals surface area contributed by atoms with Crippen LogP contribution < -0.4 is 15.4 Å². The maximum atomic E-state index is 12.9. The highest BCUT2D eigenvalue weighted by Crippen LogP contribution is 2.42. The summed E-state index contributed by atoms with van der Waals surface area (Å²) in [5.74, 6) is -2.36. The van der Waals surface area contributed by atoms with Gasteiger partial charge in [-0.05, 0) is 48.4 Å². The van der Waals surface area contributed by atoms with Gasteiger partial charge in [0.05, 0.1) is 16.9 Å². The van der Waals surface area contributed by atoms with Gasteiger partial charge in [-0.1, -0.05) is 23.7 Å². The van der Waals surface area contributed by atoms with E-state index in [0.29, 0.717) is 16.3 Å². The number of hydrogen-bond donors (Lipinski definition) is 3. The Kier molecular flexibility index (Phi) is 7.17. The first-order valence-corrected chi connectivity index (χ1v) is 11.7. The molecule has 1 aliphatic heterocycles. The van der Waals surface area contributed by atoms with Crippen LogP contribution in [0.15, 0.2) is 53.4 Å². The number of sulfonamides is 1. The molecule has 2 aromatic carbocycles. The van der Waals surface area contributed by atoms with Crippen molar-refractivity contribution in [2.45, 2.75) is 30.2 Å². The van der Waals surface area contributed by atoms with Crippen molar-refractivity contribution in [3.05, 3.63) is 59.1 Å². The van der Waals surface area contributed by atoms with Crippen LogP contribution in [0.1, 0.15) is 30.9 Å². The smallest absolute Gasteiger partial charge is 0.303 e. The molecule has 2 aromatic rings. The fourth-order valence-corrected chi connectivity index (χ4v) is 4.34. The van der Waals surface area contributed by atoms with Gasteiger partial charge in [-0.3, -0.25) is 14.4 Å². The average molecular weight is 480 g/mol. The average Bonchev–Trinajstić information content (AvgIpc) is 3.08. The molecule has 1 fully saturated rings. The van der Waals surface area contributed by atoms with Crippen LogP contribution in [0.5, 0.6) is 0 Å². The fraction of sp³-hybridized carbons (Fsp3) is 0.286. The molecule has 32 heavy (non-hydrogen) atoms. The van der Waals surface area contributed by atoms with Crippen LogP contribution in [-0.2, 0) is 24.4 Å². The number of hydrogen-bond acceptors (Lipinski definition) is 5. The third kappa shape index (κ3) is 5.45. The van der Waals surface area contributed by atoms with E-state index in [-0.39, 0.29) is 42.5 Å². The predicted molar refractivity (Wildman–Crippen MR) is 117 cm³/mol. The van der Waals surface area contributed by atoms with Crippen molar-refractivity contribution in [3.8, 4) is 0 Å². The number of nitrogens with zero attached hydrogens (tertiary/aromatic N) is 1. The van der Waals surface area contributed by atoms with Crippen LogP contribution in [0.25, 0.3) is 0 Å². The third-order valence-corrected chi connectivity index (χ3v) is 6.36. The van der Waals surface area contributed by atoms with E-state index in [9.17, 15) is 22.8 Å². The quantitative estimate of drug-likeness (QED) is 0.494. The summed E-state index contributed by atoms with van der Waals surface area (Å²) in [6.07, 6.45) is 0.133. The van der Waals surface area contributed by atoms with Crippen LogP contribution in [0.4, 0.5) is 5.69 Å². The number of halogens is 1. The Balaban J connectivity index is 1.91. The third-order valence-electron chi connectivity index (χ3n) is 5.18. The molecule has 3 rings (SSSR count). The van der Waals surface area contributed by atoms with Crippen LogP contribution in [0.2, 0.25) is 5.02 Å². The zero-order valence-corrected chi connectivity index (χ0v) is 18.5. The SMILES string of the molecule is NS(=O)(=O)c1ccc(N2C(=O)C[C@H](C(=O)NCCCC(=O)O)[C@H]2c2ccc(Cl)cc2)cc1. The van der Waals surface area contributed by atoms with Gasteiger partial charge in [0, 0.05) is 30.1 Å². The molecule has 1 heterocycles. The molecular weight excluding hydrogens is 458 g/mol. The first kappa shape index (κ1) is 23.7. The number of nitrogens with two attached hydrogens (primary N) is 1. The number of rotatable bonds is 8. The number of amides is 2. The maximum absolute atomic E-state index is 12.9. The molecule has 0 spiro atoms. The maximum Gasteiger partial charge on any atom is 0.303 e. The molecule has 1 saturated heterocycles. The molecule has 1 aliphatic rings. The summed E-state index contributed by atoms with van der Waals surface area (Å²) in [6, 6.07) is 11.6. The minimum absolute atomic E-state index is 0.0605. The highest BCUT2D eigenvalue weighted by Gasteiger charge is 2.45. The van der Waals surface area contributed by atoms with E-state index < -0.39 is 28.0 Å². The first-order valence-electron chi connectivity index (χ1n) is 9.78. The number of carboxylic acids is 1. The lowest BCUT2D eigenvalue weighted by Crippen LogP contribution is -2.36. The summed E-state index contributed by atoms with van der Waals surface area (Å²) in [5, 5.41) is 17.1. The van der Waals surface area contributed by atoms with Crippen molar-refractivity contribution in [2.24, 2.45) is 11.1 Å². The van der Waals surface area contributed by atoms with Crippen molar-refractivity contribution in [2.75, 3.05) is 11.4 Å². The first-order chi connectivity index (χ1) is 15.1. The van der Waals surface area contributed by atoms with Crippen molar-refractivity contribution in [3.63, 3.8) is 0 Å². The van der Waals surface area contributed by atoms with Crippen LogP contribution in [0.3, 0.4) is 0 Å². The Hall–Kier alpha value is -2.95. The van der Waals surface area contributed by atoms with Gasteiger partial charge >= 0.3 is 5.97 Å². The molecule has 0 saturated carbocycles. The minimum Gasteiger partial charge on any atom is -0.481 e. The highest BCUT2D eigenvalue weighted by atomic mass is 35.5. The highest BCUT2D eigenvalue weighted by molar-refractivity contribution is 7.89. The molecule has 2 amide bonds. The Morgan fingerprint density at radius 3 is 2.31 bits per heavy atom. The van der Waals surface area contributed by atoms with E-state index >= 15 is 0 Å². The summed E-state index contributed by atoms with van der Waals surface area (Å²) in [7, 11) is -3.89. The van der Waals surface area contributed by atoms with Crippen molar-refractivity contribution >= 4 is 45.1 Å². The molecular formula is C21H22ClN3O6S. The summed E-state index contributed by atoms with van der Waals surface area (Å²) in [6.45, 7) is 0.173. The molecule has 170 valence electrons. The van der Waals surface area contributed by atoms with E-state index in [1.165, 1.54) is 29.2 Å². The van der Waals surface area contributed by atoms with Gasteiger partial charge < -0.3 is 15.3 Å². The van der Waals surface area contributed by atoms with Gasteiger partial charge in [0.25, 0.3) is 0 Å². The summed E-state index contributed by atoms with van der Waals surface area (Å²) < 4.78 is 23.1. The zero-order valence-electron chi connectivity index (χ0n) is 16.9. The number of benzene rings is 2. The van der Waals surface area contributed by atoms with Gasteiger partial charge in [-0.25, -0.2) is 13.6 Å². The minimum atomic E-state index is -3.89. The number of aliphatic carboxylic acids is 1. The molecule has 9 nitrogen and oxygen atoms in total. The number of primary sulfonamides is 1. The van der Waals surface area contributed by atoms with Gasteiger partial charge in [-0.15, -0.1) is 0 Å². The van der Waals surface area contributed by atoms with E-state index in [2.05, 4.69) is 5.32 Å². The van der Waals surface area contributed by atoms with Crippen LogP contribution in [-0.4, -0.2) is 37.9 Å². The molecule has 0 unspecified atom stereocenters. The second-order valence-electron chi connectivity index (χ2n) is 7.40. The van der Waals surface area contributed by atoms with Crippen molar-refractivity contribution in [1.82, 2.24) is 5.32 Å². The normalized spacial score (nSPS) is 18.6. The summed E-state index contributed by atoms with van der Waals surface area (Å²) in [4.78, 5) is 37.9. The predicted octanol–water partition coefficient (Wildman–Crippen LogP) is 2.06. The number of carbonyl (C=O) groups is 3. The Bertz CT molecular complexity index is 1120. The monoisotopic (exact) mass is 479 g/mol. The molecule has 2 atom stereocenters. The standard InChI is InChI=1S/C21H22ClN3O6S/c22-14-5-3-13(4-6-14)20-17(21(29)24-11-1-2-19(27)28)12-18(26)25(20)15-7-9-16(10-8-15)32(23,30)31/h3-10,17,20H,1-2,11-12H2,(H,24,29)(H,27,28)(H2,23,30,31)/t17-,20+/m0/s1. The van der Waals surface area contributed by atoms with E-state index in [1.807, 2.05) is 0 Å². The lowest BCUT2D eigenvalue weighted by atomic mass is 9.92. The zero-order chi connectivity index (χ0) is 23.5. The molecule has 0 aromatic heterocycles.